The van der Waals surface area contributed by atoms with Gasteiger partial charge in [0.1, 0.15) is 6.04 Å². The molecule has 0 aliphatic carbocycles. The summed E-state index contributed by atoms with van der Waals surface area (Å²) in [5, 5.41) is 21.8. The summed E-state index contributed by atoms with van der Waals surface area (Å²) < 4.78 is 0. The van der Waals surface area contributed by atoms with Crippen LogP contribution in [0.25, 0.3) is 6.08 Å². The Labute approximate surface area is 121 Å². The topological polar surface area (TPSA) is 110 Å². The van der Waals surface area contributed by atoms with E-state index < -0.39 is 22.8 Å². The number of hydrogen-bond acceptors (Lipinski definition) is 4. The molecule has 1 amide bonds. The van der Waals surface area contributed by atoms with Crippen molar-refractivity contribution < 1.29 is 19.6 Å². The Morgan fingerprint density at radius 2 is 1.86 bits per heavy atom. The number of non-ortho nitro benzene ring substituents is 1. The highest BCUT2D eigenvalue weighted by Gasteiger charge is 2.22. The number of nitrogens with zero attached hydrogens (tertiary/aromatic N) is 1. The molecule has 2 N–H and O–H groups in total. The lowest BCUT2D eigenvalue weighted by Crippen LogP contribution is -2.43. The second-order valence-corrected chi connectivity index (χ2v) is 4.75. The van der Waals surface area contributed by atoms with Gasteiger partial charge in [-0.3, -0.25) is 14.9 Å². The monoisotopic (exact) mass is 292 g/mol. The summed E-state index contributed by atoms with van der Waals surface area (Å²) in [4.78, 5) is 32.6. The summed E-state index contributed by atoms with van der Waals surface area (Å²) >= 11 is 0. The Morgan fingerprint density at radius 3 is 2.29 bits per heavy atom. The minimum atomic E-state index is -1.10. The van der Waals surface area contributed by atoms with E-state index in [1.54, 1.807) is 13.8 Å². The van der Waals surface area contributed by atoms with Gasteiger partial charge < -0.3 is 10.4 Å². The lowest BCUT2D eigenvalue weighted by Gasteiger charge is -2.16. The molecule has 0 radical (unpaired) electrons. The van der Waals surface area contributed by atoms with Crippen LogP contribution >= 0.6 is 0 Å². The van der Waals surface area contributed by atoms with Crippen LogP contribution in [0.1, 0.15) is 19.4 Å². The first-order chi connectivity index (χ1) is 9.81. The van der Waals surface area contributed by atoms with Crippen molar-refractivity contribution >= 4 is 23.6 Å². The molecule has 1 unspecified atom stereocenters. The maximum absolute atomic E-state index is 11.6. The third-order valence-electron chi connectivity index (χ3n) is 2.76. The van der Waals surface area contributed by atoms with Crippen molar-refractivity contribution in [2.24, 2.45) is 5.92 Å². The number of nitrogens with one attached hydrogen (secondary N) is 1. The molecule has 0 saturated carbocycles. The van der Waals surface area contributed by atoms with Gasteiger partial charge in [-0.15, -0.1) is 0 Å². The van der Waals surface area contributed by atoms with Crippen LogP contribution < -0.4 is 5.32 Å². The number of hydrogen-bond donors (Lipinski definition) is 2. The second kappa shape index (κ2) is 7.18. The van der Waals surface area contributed by atoms with Crippen molar-refractivity contribution in [3.63, 3.8) is 0 Å². The van der Waals surface area contributed by atoms with Crippen molar-refractivity contribution in [2.45, 2.75) is 19.9 Å². The van der Waals surface area contributed by atoms with Gasteiger partial charge in [-0.05, 0) is 29.7 Å². The number of carboxylic acids is 1. The highest BCUT2D eigenvalue weighted by molar-refractivity contribution is 5.94. The fraction of sp³-hybridized carbons (Fsp3) is 0.286. The van der Waals surface area contributed by atoms with Crippen LogP contribution in [0.2, 0.25) is 0 Å². The minimum Gasteiger partial charge on any atom is -0.480 e. The predicted octanol–water partition coefficient (Wildman–Crippen LogP) is 1.83. The minimum absolute atomic E-state index is 0.0395. The molecule has 0 saturated heterocycles. The third-order valence-corrected chi connectivity index (χ3v) is 2.76. The number of benzene rings is 1. The molecule has 1 aromatic rings. The first-order valence-corrected chi connectivity index (χ1v) is 6.27. The highest BCUT2D eigenvalue weighted by Crippen LogP contribution is 2.12. The van der Waals surface area contributed by atoms with Gasteiger partial charge in [0.25, 0.3) is 5.69 Å². The molecule has 7 heteroatoms. The van der Waals surface area contributed by atoms with Crippen LogP contribution in [0.3, 0.4) is 0 Å². The molecule has 0 spiro atoms. The van der Waals surface area contributed by atoms with Crippen LogP contribution in [0, 0.1) is 16.0 Å². The van der Waals surface area contributed by atoms with Gasteiger partial charge in [-0.2, -0.15) is 0 Å². The van der Waals surface area contributed by atoms with Gasteiger partial charge >= 0.3 is 5.97 Å². The number of carbonyl (C=O) groups excluding carboxylic acids is 1. The van der Waals surface area contributed by atoms with Crippen LogP contribution in [0.5, 0.6) is 0 Å². The van der Waals surface area contributed by atoms with E-state index in [0.29, 0.717) is 5.56 Å². The van der Waals surface area contributed by atoms with Crippen molar-refractivity contribution in [1.29, 1.82) is 0 Å². The number of rotatable bonds is 6. The van der Waals surface area contributed by atoms with Crippen LogP contribution in [-0.4, -0.2) is 27.9 Å². The average molecular weight is 292 g/mol. The zero-order valence-electron chi connectivity index (χ0n) is 11.6. The SMILES string of the molecule is CC(C)C(NC(=O)/C=C/c1ccc([N+](=O)[O-])cc1)C(=O)O. The Morgan fingerprint density at radius 1 is 1.29 bits per heavy atom. The van der Waals surface area contributed by atoms with Crippen molar-refractivity contribution in [3.8, 4) is 0 Å². The van der Waals surface area contributed by atoms with Crippen LogP contribution in [0.15, 0.2) is 30.3 Å². The first kappa shape index (κ1) is 16.4. The quantitative estimate of drug-likeness (QED) is 0.472. The van der Waals surface area contributed by atoms with E-state index >= 15 is 0 Å². The number of nitro groups is 1. The van der Waals surface area contributed by atoms with E-state index in [0.717, 1.165) is 0 Å². The normalized spacial score (nSPS) is 12.3. The number of carboxylic acid groups (broad SMARTS) is 1. The summed E-state index contributed by atoms with van der Waals surface area (Å²) in [6.45, 7) is 3.39. The first-order valence-electron chi connectivity index (χ1n) is 6.27. The Balaban J connectivity index is 2.69. The molecule has 0 heterocycles. The van der Waals surface area contributed by atoms with E-state index in [1.165, 1.54) is 36.4 Å². The molecule has 112 valence electrons. The van der Waals surface area contributed by atoms with Gasteiger partial charge in [-0.25, -0.2) is 4.79 Å². The van der Waals surface area contributed by atoms with Crippen molar-refractivity contribution in [3.05, 3.63) is 46.0 Å². The molecule has 21 heavy (non-hydrogen) atoms. The number of nitro benzene ring substituents is 1. The fourth-order valence-corrected chi connectivity index (χ4v) is 1.59. The molecular formula is C14H16N2O5. The number of aliphatic carboxylic acids is 1. The fourth-order valence-electron chi connectivity index (χ4n) is 1.59. The third kappa shape index (κ3) is 5.06. The number of carbonyl (C=O) groups is 2. The van der Waals surface area contributed by atoms with E-state index in [2.05, 4.69) is 5.32 Å². The van der Waals surface area contributed by atoms with Crippen molar-refractivity contribution in [2.75, 3.05) is 0 Å². The summed E-state index contributed by atoms with van der Waals surface area (Å²) in [5.74, 6) is -1.87. The van der Waals surface area contributed by atoms with E-state index in [1.807, 2.05) is 0 Å². The molecule has 0 bridgehead atoms. The van der Waals surface area contributed by atoms with Gasteiger partial charge in [0, 0.05) is 18.2 Å². The predicted molar refractivity (Wildman–Crippen MR) is 76.5 cm³/mol. The van der Waals surface area contributed by atoms with E-state index in [4.69, 9.17) is 5.11 Å². The lowest BCUT2D eigenvalue weighted by molar-refractivity contribution is -0.384. The zero-order valence-corrected chi connectivity index (χ0v) is 11.6. The largest absolute Gasteiger partial charge is 0.480 e. The summed E-state index contributed by atoms with van der Waals surface area (Å²) in [6.07, 6.45) is 2.65. The van der Waals surface area contributed by atoms with Gasteiger partial charge in [-0.1, -0.05) is 13.8 Å². The average Bonchev–Trinajstić information content (AvgIpc) is 2.42. The molecule has 0 aliphatic rings. The van der Waals surface area contributed by atoms with Gasteiger partial charge in [0.05, 0.1) is 4.92 Å². The standard InChI is InChI=1S/C14H16N2O5/c1-9(2)13(14(18)19)15-12(17)8-5-10-3-6-11(7-4-10)16(20)21/h3-9,13H,1-2H3,(H,15,17)(H,18,19)/b8-5+. The van der Waals surface area contributed by atoms with Crippen molar-refractivity contribution in [1.82, 2.24) is 5.32 Å². The smallest absolute Gasteiger partial charge is 0.326 e. The molecule has 7 nitrogen and oxygen atoms in total. The molecule has 0 aromatic heterocycles. The van der Waals surface area contributed by atoms with Crippen LogP contribution in [0.4, 0.5) is 5.69 Å². The molecule has 1 aromatic carbocycles. The summed E-state index contributed by atoms with van der Waals surface area (Å²) in [6, 6.07) is 4.69. The molecule has 0 aliphatic heterocycles. The number of amides is 1. The second-order valence-electron chi connectivity index (χ2n) is 4.75. The maximum atomic E-state index is 11.6. The van der Waals surface area contributed by atoms with Gasteiger partial charge in [0.2, 0.25) is 5.91 Å². The molecule has 0 fully saturated rings. The highest BCUT2D eigenvalue weighted by atomic mass is 16.6. The zero-order chi connectivity index (χ0) is 16.0. The lowest BCUT2D eigenvalue weighted by atomic mass is 10.0. The van der Waals surface area contributed by atoms with Crippen LogP contribution in [-0.2, 0) is 9.59 Å². The molecular weight excluding hydrogens is 276 g/mol. The molecule has 1 atom stereocenters. The van der Waals surface area contributed by atoms with E-state index in [9.17, 15) is 19.7 Å². The van der Waals surface area contributed by atoms with Gasteiger partial charge in [0.15, 0.2) is 0 Å². The Bertz CT molecular complexity index is 563. The summed E-state index contributed by atoms with van der Waals surface area (Å²) in [7, 11) is 0. The molecule has 1 rings (SSSR count). The maximum Gasteiger partial charge on any atom is 0.326 e. The summed E-state index contributed by atoms with van der Waals surface area (Å²) in [5.41, 5.74) is 0.564. The Hall–Kier alpha value is -2.70. The Kier molecular flexibility index (Phi) is 5.59. The van der Waals surface area contributed by atoms with E-state index in [-0.39, 0.29) is 11.6 Å².